The van der Waals surface area contributed by atoms with Gasteiger partial charge in [0.15, 0.2) is 0 Å². The Hall–Kier alpha value is -3.52. The molecule has 0 aliphatic rings. The largest absolute Gasteiger partial charge is 0.255 e. The molecule has 1 nitrogen and oxygen atoms in total. The third-order valence-corrected chi connectivity index (χ3v) is 4.98. The minimum absolute atomic E-state index is 0.244. The summed E-state index contributed by atoms with van der Waals surface area (Å²) in [6.45, 7) is 0. The Bertz CT molecular complexity index is 1260. The smallest absolute Gasteiger partial charge is 0.123 e. The topological polar surface area (TPSA) is 12.9 Å². The van der Waals surface area contributed by atoms with E-state index in [2.05, 4.69) is 42.5 Å². The quantitative estimate of drug-likeness (QED) is 0.317. The minimum atomic E-state index is -0.244. The molecule has 27 heavy (non-hydrogen) atoms. The van der Waals surface area contributed by atoms with Crippen LogP contribution in [0.5, 0.6) is 0 Å². The Morgan fingerprint density at radius 3 is 2.11 bits per heavy atom. The summed E-state index contributed by atoms with van der Waals surface area (Å²) in [4.78, 5) is 4.81. The van der Waals surface area contributed by atoms with E-state index in [1.165, 1.54) is 22.9 Å². The van der Waals surface area contributed by atoms with Crippen LogP contribution < -0.4 is 0 Å². The average molecular weight is 349 g/mol. The fourth-order valence-corrected chi connectivity index (χ4v) is 3.70. The molecule has 1 aromatic heterocycles. The molecule has 0 N–H and O–H groups in total. The van der Waals surface area contributed by atoms with Gasteiger partial charge in [-0.3, -0.25) is 4.98 Å². The van der Waals surface area contributed by atoms with Crippen LogP contribution in [0.25, 0.3) is 43.9 Å². The van der Waals surface area contributed by atoms with Crippen molar-refractivity contribution < 1.29 is 4.39 Å². The lowest BCUT2D eigenvalue weighted by molar-refractivity contribution is 0.628. The molecule has 0 fully saturated rings. The fourth-order valence-electron chi connectivity index (χ4n) is 3.70. The van der Waals surface area contributed by atoms with E-state index in [9.17, 15) is 4.39 Å². The molecule has 0 aliphatic carbocycles. The zero-order valence-corrected chi connectivity index (χ0v) is 14.6. The highest BCUT2D eigenvalue weighted by Crippen LogP contribution is 2.38. The van der Waals surface area contributed by atoms with Crippen LogP contribution in [-0.2, 0) is 0 Å². The van der Waals surface area contributed by atoms with Crippen LogP contribution in [0.3, 0.4) is 0 Å². The molecule has 0 atom stereocenters. The fraction of sp³-hybridized carbons (Fsp3) is 0. The van der Waals surface area contributed by atoms with Gasteiger partial charge >= 0.3 is 0 Å². The second-order valence-electron chi connectivity index (χ2n) is 6.60. The number of hydrogen-bond acceptors (Lipinski definition) is 1. The summed E-state index contributed by atoms with van der Waals surface area (Å²) < 4.78 is 13.4. The molecule has 2 heteroatoms. The van der Waals surface area contributed by atoms with Crippen LogP contribution >= 0.6 is 0 Å². The second kappa shape index (κ2) is 6.33. The highest BCUT2D eigenvalue weighted by molar-refractivity contribution is 6.13. The lowest BCUT2D eigenvalue weighted by Crippen LogP contribution is -1.92. The number of aromatic nitrogens is 1. The normalized spacial score (nSPS) is 11.1. The number of pyridine rings is 1. The first-order chi connectivity index (χ1) is 13.3. The van der Waals surface area contributed by atoms with E-state index in [1.807, 2.05) is 30.5 Å². The Morgan fingerprint density at radius 2 is 1.30 bits per heavy atom. The van der Waals surface area contributed by atoms with Gasteiger partial charge < -0.3 is 0 Å². The predicted octanol–water partition coefficient (Wildman–Crippen LogP) is 6.86. The van der Waals surface area contributed by atoms with Crippen molar-refractivity contribution in [3.05, 3.63) is 103 Å². The van der Waals surface area contributed by atoms with E-state index in [0.29, 0.717) is 0 Å². The van der Waals surface area contributed by atoms with E-state index in [0.717, 1.165) is 33.2 Å². The van der Waals surface area contributed by atoms with Crippen LogP contribution in [-0.4, -0.2) is 4.98 Å². The molecule has 0 bridgehead atoms. The van der Waals surface area contributed by atoms with Crippen molar-refractivity contribution >= 4 is 21.5 Å². The lowest BCUT2D eigenvalue weighted by Gasteiger charge is -2.14. The maximum atomic E-state index is 13.4. The maximum absolute atomic E-state index is 13.4. The summed E-state index contributed by atoms with van der Waals surface area (Å²) in [6, 6.07) is 29.5. The molecule has 5 rings (SSSR count). The number of fused-ring (bicyclic) bond motifs is 3. The van der Waals surface area contributed by atoms with Gasteiger partial charge in [-0.05, 0) is 46.0 Å². The third-order valence-electron chi connectivity index (χ3n) is 4.98. The van der Waals surface area contributed by atoms with Gasteiger partial charge in [0.25, 0.3) is 0 Å². The van der Waals surface area contributed by atoms with Crippen molar-refractivity contribution in [3.63, 3.8) is 0 Å². The molecule has 1 heterocycles. The Labute approximate surface area is 156 Å². The zero-order chi connectivity index (χ0) is 18.2. The molecular formula is C25H16FN. The average Bonchev–Trinajstić information content (AvgIpc) is 2.74. The Balaban J connectivity index is 1.90. The van der Waals surface area contributed by atoms with E-state index in [1.54, 1.807) is 12.1 Å². The standard InChI is InChI=1S/C25H16FN/c26-20-13-10-19(11-14-20)25-24(18-7-2-1-3-8-18)22-15-12-17-6-4-5-9-21(17)23(22)16-27-25/h1-16H. The first-order valence-corrected chi connectivity index (χ1v) is 8.93. The molecule has 0 aliphatic heterocycles. The second-order valence-corrected chi connectivity index (χ2v) is 6.60. The Morgan fingerprint density at radius 1 is 0.556 bits per heavy atom. The van der Waals surface area contributed by atoms with E-state index in [-0.39, 0.29) is 5.82 Å². The summed E-state index contributed by atoms with van der Waals surface area (Å²) >= 11 is 0. The molecular weight excluding hydrogens is 333 g/mol. The van der Waals surface area contributed by atoms with Gasteiger partial charge in [0, 0.05) is 22.7 Å². The number of halogens is 1. The summed E-state index contributed by atoms with van der Waals surface area (Å²) in [5.41, 5.74) is 3.95. The van der Waals surface area contributed by atoms with Gasteiger partial charge in [-0.1, -0.05) is 66.7 Å². The van der Waals surface area contributed by atoms with Gasteiger partial charge in [-0.2, -0.15) is 0 Å². The molecule has 0 unspecified atom stereocenters. The third kappa shape index (κ3) is 2.67. The van der Waals surface area contributed by atoms with Crippen LogP contribution in [0.15, 0.2) is 97.2 Å². The van der Waals surface area contributed by atoms with Gasteiger partial charge in [0.05, 0.1) is 5.69 Å². The highest BCUT2D eigenvalue weighted by atomic mass is 19.1. The van der Waals surface area contributed by atoms with Crippen molar-refractivity contribution in [1.29, 1.82) is 0 Å². The van der Waals surface area contributed by atoms with Crippen molar-refractivity contribution in [3.8, 4) is 22.4 Å². The van der Waals surface area contributed by atoms with Gasteiger partial charge in [0.1, 0.15) is 5.82 Å². The highest BCUT2D eigenvalue weighted by Gasteiger charge is 2.14. The van der Waals surface area contributed by atoms with Crippen LogP contribution in [0.2, 0.25) is 0 Å². The van der Waals surface area contributed by atoms with Crippen molar-refractivity contribution in [1.82, 2.24) is 4.98 Å². The van der Waals surface area contributed by atoms with E-state index < -0.39 is 0 Å². The zero-order valence-electron chi connectivity index (χ0n) is 14.6. The summed E-state index contributed by atoms with van der Waals surface area (Å²) in [7, 11) is 0. The first-order valence-electron chi connectivity index (χ1n) is 8.93. The molecule has 4 aromatic carbocycles. The van der Waals surface area contributed by atoms with E-state index >= 15 is 0 Å². The van der Waals surface area contributed by atoms with Crippen LogP contribution in [0.1, 0.15) is 0 Å². The van der Waals surface area contributed by atoms with Crippen molar-refractivity contribution in [2.45, 2.75) is 0 Å². The van der Waals surface area contributed by atoms with Gasteiger partial charge in [-0.25, -0.2) is 4.39 Å². The molecule has 0 radical (unpaired) electrons. The minimum Gasteiger partial charge on any atom is -0.255 e. The summed E-state index contributed by atoms with van der Waals surface area (Å²) in [5.74, 6) is -0.244. The monoisotopic (exact) mass is 349 g/mol. The lowest BCUT2D eigenvalue weighted by atomic mass is 9.92. The number of rotatable bonds is 2. The molecule has 0 saturated heterocycles. The molecule has 128 valence electrons. The van der Waals surface area contributed by atoms with Gasteiger partial charge in [0.2, 0.25) is 0 Å². The van der Waals surface area contributed by atoms with Crippen molar-refractivity contribution in [2.75, 3.05) is 0 Å². The van der Waals surface area contributed by atoms with Crippen molar-refractivity contribution in [2.24, 2.45) is 0 Å². The SMILES string of the molecule is Fc1ccc(-c2ncc3c(ccc4ccccc43)c2-c2ccccc2)cc1. The number of hydrogen-bond donors (Lipinski definition) is 0. The molecule has 0 saturated carbocycles. The summed E-state index contributed by atoms with van der Waals surface area (Å²) in [6.07, 6.45) is 1.93. The molecule has 0 amide bonds. The van der Waals surface area contributed by atoms with Crippen LogP contribution in [0, 0.1) is 5.82 Å². The maximum Gasteiger partial charge on any atom is 0.123 e. The summed E-state index contributed by atoms with van der Waals surface area (Å²) in [5, 5.41) is 4.65. The Kier molecular flexibility index (Phi) is 3.68. The number of benzene rings is 4. The molecule has 5 aromatic rings. The van der Waals surface area contributed by atoms with E-state index in [4.69, 9.17) is 4.98 Å². The molecule has 0 spiro atoms. The predicted molar refractivity (Wildman–Crippen MR) is 110 cm³/mol. The van der Waals surface area contributed by atoms with Gasteiger partial charge in [-0.15, -0.1) is 0 Å². The first kappa shape index (κ1) is 15.7. The number of nitrogens with zero attached hydrogens (tertiary/aromatic N) is 1. The van der Waals surface area contributed by atoms with Crippen LogP contribution in [0.4, 0.5) is 4.39 Å².